The molecule has 3 heteroatoms. The van der Waals surface area contributed by atoms with Gasteiger partial charge in [0.15, 0.2) is 5.75 Å². The van der Waals surface area contributed by atoms with Gasteiger partial charge < -0.3 is 9.72 Å². The summed E-state index contributed by atoms with van der Waals surface area (Å²) >= 11 is 0. The molecular formula is C12H15NO2. The molecule has 1 aromatic rings. The lowest BCUT2D eigenvalue weighted by atomic mass is 10.1. The fourth-order valence-electron chi connectivity index (χ4n) is 2.07. The third-order valence-electron chi connectivity index (χ3n) is 3.24. The summed E-state index contributed by atoms with van der Waals surface area (Å²) in [7, 11) is 1.58. The van der Waals surface area contributed by atoms with Crippen LogP contribution in [-0.2, 0) is 0 Å². The number of methoxy groups -OCH3 is 1. The molecule has 2 fully saturated rings. The molecule has 0 atom stereocenters. The van der Waals surface area contributed by atoms with Gasteiger partial charge >= 0.3 is 0 Å². The summed E-state index contributed by atoms with van der Waals surface area (Å²) in [6, 6.07) is 1.71. The number of ether oxygens (including phenoxy) is 1. The first-order valence-electron chi connectivity index (χ1n) is 5.60. The Morgan fingerprint density at radius 1 is 1.27 bits per heavy atom. The van der Waals surface area contributed by atoms with Crippen molar-refractivity contribution >= 4 is 0 Å². The van der Waals surface area contributed by atoms with Crippen LogP contribution in [0.15, 0.2) is 10.9 Å². The topological polar surface area (TPSA) is 42.1 Å². The van der Waals surface area contributed by atoms with E-state index in [1.165, 1.54) is 25.7 Å². The van der Waals surface area contributed by atoms with E-state index >= 15 is 0 Å². The molecule has 2 aliphatic carbocycles. The predicted molar refractivity (Wildman–Crippen MR) is 57.6 cm³/mol. The van der Waals surface area contributed by atoms with Gasteiger partial charge in [-0.15, -0.1) is 0 Å². The highest BCUT2D eigenvalue weighted by Gasteiger charge is 2.32. The van der Waals surface area contributed by atoms with Gasteiger partial charge in [0.2, 0.25) is 5.43 Å². The summed E-state index contributed by atoms with van der Waals surface area (Å²) in [6.07, 6.45) is 4.79. The second-order valence-electron chi connectivity index (χ2n) is 4.58. The minimum Gasteiger partial charge on any atom is -0.491 e. The van der Waals surface area contributed by atoms with Gasteiger partial charge in [-0.05, 0) is 31.6 Å². The monoisotopic (exact) mass is 205 g/mol. The molecule has 0 saturated heterocycles. The lowest BCUT2D eigenvalue weighted by molar-refractivity contribution is 0.402. The van der Waals surface area contributed by atoms with Gasteiger partial charge in [0, 0.05) is 17.7 Å². The van der Waals surface area contributed by atoms with Crippen molar-refractivity contribution in [3.8, 4) is 5.75 Å². The quantitative estimate of drug-likeness (QED) is 0.821. The first-order chi connectivity index (χ1) is 7.29. The third kappa shape index (κ3) is 1.56. The van der Waals surface area contributed by atoms with E-state index in [4.69, 9.17) is 4.74 Å². The van der Waals surface area contributed by atoms with Crippen molar-refractivity contribution in [1.29, 1.82) is 0 Å². The Balaban J connectivity index is 2.10. The molecule has 3 rings (SSSR count). The first-order valence-corrected chi connectivity index (χ1v) is 5.60. The van der Waals surface area contributed by atoms with Gasteiger partial charge in [0.25, 0.3) is 0 Å². The molecule has 0 amide bonds. The molecule has 0 bridgehead atoms. The molecule has 0 aliphatic heterocycles. The van der Waals surface area contributed by atoms with Gasteiger partial charge in [0.1, 0.15) is 0 Å². The van der Waals surface area contributed by atoms with Crippen molar-refractivity contribution in [3.63, 3.8) is 0 Å². The summed E-state index contributed by atoms with van der Waals surface area (Å²) in [6.45, 7) is 0. The number of H-pyrrole nitrogens is 1. The van der Waals surface area contributed by atoms with E-state index in [9.17, 15) is 4.79 Å². The van der Waals surface area contributed by atoms with E-state index in [0.717, 1.165) is 11.4 Å². The number of aromatic nitrogens is 1. The smallest absolute Gasteiger partial charge is 0.223 e. The van der Waals surface area contributed by atoms with E-state index in [0.29, 0.717) is 17.6 Å². The number of hydrogen-bond donors (Lipinski definition) is 1. The van der Waals surface area contributed by atoms with Crippen LogP contribution in [0.4, 0.5) is 0 Å². The summed E-state index contributed by atoms with van der Waals surface area (Å²) in [5.41, 5.74) is 2.19. The van der Waals surface area contributed by atoms with Crippen LogP contribution in [0.25, 0.3) is 0 Å². The molecule has 0 unspecified atom stereocenters. The SMILES string of the molecule is COc1c(C2CC2)[nH]c(C2CC2)cc1=O. The molecule has 1 heterocycles. The highest BCUT2D eigenvalue weighted by molar-refractivity contribution is 5.36. The molecule has 1 aromatic heterocycles. The Morgan fingerprint density at radius 3 is 2.47 bits per heavy atom. The van der Waals surface area contributed by atoms with Crippen molar-refractivity contribution in [2.45, 2.75) is 37.5 Å². The van der Waals surface area contributed by atoms with Crippen molar-refractivity contribution in [1.82, 2.24) is 4.98 Å². The third-order valence-corrected chi connectivity index (χ3v) is 3.24. The fourth-order valence-corrected chi connectivity index (χ4v) is 2.07. The molecule has 3 nitrogen and oxygen atoms in total. The highest BCUT2D eigenvalue weighted by Crippen LogP contribution is 2.44. The van der Waals surface area contributed by atoms with Crippen LogP contribution < -0.4 is 10.2 Å². The Bertz CT molecular complexity index is 441. The summed E-state index contributed by atoms with van der Waals surface area (Å²) in [5.74, 6) is 1.66. The lowest BCUT2D eigenvalue weighted by Crippen LogP contribution is -2.11. The van der Waals surface area contributed by atoms with Gasteiger partial charge in [-0.3, -0.25) is 4.79 Å². The number of nitrogens with one attached hydrogen (secondary N) is 1. The Hall–Kier alpha value is -1.25. The molecule has 2 saturated carbocycles. The van der Waals surface area contributed by atoms with Gasteiger partial charge in [0.05, 0.1) is 12.8 Å². The molecule has 0 aromatic carbocycles. The standard InChI is InChI=1S/C12H15NO2/c1-15-12-10(14)6-9(7-2-3-7)13-11(12)8-4-5-8/h6-8H,2-5H2,1H3,(H,13,14). The Labute approximate surface area is 88.5 Å². The van der Waals surface area contributed by atoms with Gasteiger partial charge in [-0.25, -0.2) is 0 Å². The average molecular weight is 205 g/mol. The largest absolute Gasteiger partial charge is 0.491 e. The first kappa shape index (κ1) is 9.01. The van der Waals surface area contributed by atoms with E-state index < -0.39 is 0 Å². The van der Waals surface area contributed by atoms with Crippen molar-refractivity contribution in [3.05, 3.63) is 27.7 Å². The van der Waals surface area contributed by atoms with Crippen LogP contribution in [0.3, 0.4) is 0 Å². The van der Waals surface area contributed by atoms with Crippen LogP contribution in [0.2, 0.25) is 0 Å². The fraction of sp³-hybridized carbons (Fsp3) is 0.583. The Morgan fingerprint density at radius 2 is 1.93 bits per heavy atom. The maximum absolute atomic E-state index is 11.8. The van der Waals surface area contributed by atoms with Crippen molar-refractivity contribution in [2.75, 3.05) is 7.11 Å². The van der Waals surface area contributed by atoms with Crippen LogP contribution in [0.1, 0.15) is 48.9 Å². The second kappa shape index (κ2) is 3.12. The maximum atomic E-state index is 11.8. The van der Waals surface area contributed by atoms with Gasteiger partial charge in [-0.2, -0.15) is 0 Å². The van der Waals surface area contributed by atoms with Gasteiger partial charge in [-0.1, -0.05) is 0 Å². The number of pyridine rings is 1. The van der Waals surface area contributed by atoms with Crippen LogP contribution in [0, 0.1) is 0 Å². The van der Waals surface area contributed by atoms with Crippen molar-refractivity contribution in [2.24, 2.45) is 0 Å². The highest BCUT2D eigenvalue weighted by atomic mass is 16.5. The summed E-state index contributed by atoms with van der Waals surface area (Å²) in [4.78, 5) is 15.2. The molecule has 80 valence electrons. The molecule has 15 heavy (non-hydrogen) atoms. The zero-order chi connectivity index (χ0) is 10.4. The molecule has 1 N–H and O–H groups in total. The molecular weight excluding hydrogens is 190 g/mol. The summed E-state index contributed by atoms with van der Waals surface area (Å²) < 4.78 is 5.19. The van der Waals surface area contributed by atoms with Crippen molar-refractivity contribution < 1.29 is 4.74 Å². The number of rotatable bonds is 3. The Kier molecular flexibility index (Phi) is 1.87. The van der Waals surface area contributed by atoms with Crippen LogP contribution in [0.5, 0.6) is 5.75 Å². The molecule has 0 spiro atoms. The minimum atomic E-state index is 0.0417. The van der Waals surface area contributed by atoms with Crippen LogP contribution >= 0.6 is 0 Å². The van der Waals surface area contributed by atoms with E-state index in [2.05, 4.69) is 4.98 Å². The predicted octanol–water partition coefficient (Wildman–Crippen LogP) is 2.14. The maximum Gasteiger partial charge on any atom is 0.223 e. The van der Waals surface area contributed by atoms with E-state index in [1.807, 2.05) is 0 Å². The molecule has 2 aliphatic rings. The average Bonchev–Trinajstić information content (AvgIpc) is 3.07. The zero-order valence-corrected chi connectivity index (χ0v) is 8.88. The molecule has 0 radical (unpaired) electrons. The minimum absolute atomic E-state index is 0.0417. The number of hydrogen-bond acceptors (Lipinski definition) is 2. The van der Waals surface area contributed by atoms with E-state index in [-0.39, 0.29) is 5.43 Å². The summed E-state index contributed by atoms with van der Waals surface area (Å²) in [5, 5.41) is 0. The van der Waals surface area contributed by atoms with E-state index in [1.54, 1.807) is 13.2 Å². The lowest BCUT2D eigenvalue weighted by Gasteiger charge is -2.09. The van der Waals surface area contributed by atoms with Crippen LogP contribution in [-0.4, -0.2) is 12.1 Å². The number of aromatic amines is 1. The zero-order valence-electron chi connectivity index (χ0n) is 8.88. The second-order valence-corrected chi connectivity index (χ2v) is 4.58. The normalized spacial score (nSPS) is 20.3.